The summed E-state index contributed by atoms with van der Waals surface area (Å²) < 4.78 is 0. The molecule has 2 rings (SSSR count). The van der Waals surface area contributed by atoms with Crippen molar-refractivity contribution in [1.82, 2.24) is 4.90 Å². The molecule has 1 saturated heterocycles. The number of phenols is 1. The van der Waals surface area contributed by atoms with E-state index < -0.39 is 11.4 Å². The van der Waals surface area contributed by atoms with Crippen LogP contribution in [-0.2, 0) is 11.3 Å². The number of rotatable bonds is 3. The van der Waals surface area contributed by atoms with Crippen molar-refractivity contribution < 1.29 is 15.0 Å². The van der Waals surface area contributed by atoms with E-state index >= 15 is 0 Å². The third-order valence-corrected chi connectivity index (χ3v) is 4.20. The number of hydrogen-bond donors (Lipinski definition) is 2. The summed E-state index contributed by atoms with van der Waals surface area (Å²) in [6.07, 6.45) is 1.32. The van der Waals surface area contributed by atoms with Crippen LogP contribution in [0.3, 0.4) is 0 Å². The van der Waals surface area contributed by atoms with Crippen molar-refractivity contribution in [3.8, 4) is 5.75 Å². The van der Waals surface area contributed by atoms with Crippen molar-refractivity contribution in [2.75, 3.05) is 13.1 Å². The van der Waals surface area contributed by atoms with Gasteiger partial charge in [-0.25, -0.2) is 0 Å². The van der Waals surface area contributed by atoms with Crippen LogP contribution >= 0.6 is 11.6 Å². The van der Waals surface area contributed by atoms with Crippen LogP contribution in [0.4, 0.5) is 0 Å². The second-order valence-corrected chi connectivity index (χ2v) is 5.83. The zero-order chi connectivity index (χ0) is 14.0. The van der Waals surface area contributed by atoms with E-state index in [1.54, 1.807) is 12.1 Å². The molecule has 1 aliphatic rings. The van der Waals surface area contributed by atoms with Gasteiger partial charge in [-0.3, -0.25) is 9.69 Å². The predicted molar refractivity (Wildman–Crippen MR) is 73.4 cm³/mol. The number of halogens is 1. The van der Waals surface area contributed by atoms with Crippen LogP contribution in [0, 0.1) is 5.41 Å². The largest absolute Gasteiger partial charge is 0.506 e. The van der Waals surface area contributed by atoms with Crippen molar-refractivity contribution >= 4 is 17.6 Å². The minimum Gasteiger partial charge on any atom is -0.506 e. The van der Waals surface area contributed by atoms with Crippen LogP contribution in [-0.4, -0.2) is 34.2 Å². The maximum absolute atomic E-state index is 11.2. The number of aliphatic carboxylic acids is 1. The minimum absolute atomic E-state index is 0.0857. The van der Waals surface area contributed by atoms with Crippen molar-refractivity contribution in [3.05, 3.63) is 28.8 Å². The van der Waals surface area contributed by atoms with Gasteiger partial charge in [-0.1, -0.05) is 17.7 Å². The predicted octanol–water partition coefficient (Wildman–Crippen LogP) is 2.73. The number of hydrogen-bond acceptors (Lipinski definition) is 3. The van der Waals surface area contributed by atoms with Gasteiger partial charge in [0.25, 0.3) is 0 Å². The summed E-state index contributed by atoms with van der Waals surface area (Å²) in [5.74, 6) is -0.623. The minimum atomic E-state index is -0.708. The number of phenolic OH excluding ortho intramolecular Hbond substituents is 1. The Morgan fingerprint density at radius 1 is 1.42 bits per heavy atom. The summed E-state index contributed by atoms with van der Waals surface area (Å²) in [7, 11) is 0. The second kappa shape index (κ2) is 5.39. The van der Waals surface area contributed by atoms with Gasteiger partial charge in [-0.2, -0.15) is 0 Å². The summed E-state index contributed by atoms with van der Waals surface area (Å²) in [4.78, 5) is 13.4. The van der Waals surface area contributed by atoms with E-state index in [0.29, 0.717) is 17.9 Å². The van der Waals surface area contributed by atoms with Crippen LogP contribution < -0.4 is 0 Å². The fraction of sp³-hybridized carbons (Fsp3) is 0.500. The summed E-state index contributed by atoms with van der Waals surface area (Å²) in [5, 5.41) is 18.9. The normalized spacial score (nSPS) is 19.3. The fourth-order valence-electron chi connectivity index (χ4n) is 2.33. The molecular formula is C14H18ClNO3. The van der Waals surface area contributed by atoms with Crippen molar-refractivity contribution in [2.24, 2.45) is 5.41 Å². The molecule has 104 valence electrons. The standard InChI is InChI=1S/C14H18ClNO3/c1-14(13(18)19)4-6-16(7-5-14)9-10-2-3-12(17)11(15)8-10/h2-3,8,17H,4-7,9H2,1H3,(H,18,19). The average Bonchev–Trinajstić information content (AvgIpc) is 2.37. The highest BCUT2D eigenvalue weighted by Crippen LogP contribution is 2.32. The van der Waals surface area contributed by atoms with Crippen LogP contribution in [0.5, 0.6) is 5.75 Å². The second-order valence-electron chi connectivity index (χ2n) is 5.43. The van der Waals surface area contributed by atoms with Crippen LogP contribution in [0.25, 0.3) is 0 Å². The molecule has 1 aromatic rings. The zero-order valence-electron chi connectivity index (χ0n) is 10.9. The molecule has 0 aliphatic carbocycles. The molecule has 0 bridgehead atoms. The van der Waals surface area contributed by atoms with E-state index in [1.807, 2.05) is 13.0 Å². The third-order valence-electron chi connectivity index (χ3n) is 3.89. The first-order chi connectivity index (χ1) is 8.90. The first-order valence-electron chi connectivity index (χ1n) is 6.34. The Kier molecular flexibility index (Phi) is 4.02. The molecule has 0 saturated carbocycles. The first kappa shape index (κ1) is 14.2. The van der Waals surface area contributed by atoms with E-state index in [-0.39, 0.29) is 5.75 Å². The number of carbonyl (C=O) groups is 1. The number of likely N-dealkylation sites (tertiary alicyclic amines) is 1. The van der Waals surface area contributed by atoms with Crippen molar-refractivity contribution in [3.63, 3.8) is 0 Å². The zero-order valence-corrected chi connectivity index (χ0v) is 11.7. The molecule has 19 heavy (non-hydrogen) atoms. The summed E-state index contributed by atoms with van der Waals surface area (Å²) in [6, 6.07) is 5.18. The Hall–Kier alpha value is -1.26. The van der Waals surface area contributed by atoms with E-state index in [1.165, 1.54) is 0 Å². The van der Waals surface area contributed by atoms with Crippen LogP contribution in [0.2, 0.25) is 5.02 Å². The Bertz CT molecular complexity index is 482. The lowest BCUT2D eigenvalue weighted by Gasteiger charge is -2.36. The summed E-state index contributed by atoms with van der Waals surface area (Å²) in [5.41, 5.74) is 0.435. The lowest BCUT2D eigenvalue weighted by molar-refractivity contribution is -0.150. The smallest absolute Gasteiger partial charge is 0.309 e. The average molecular weight is 284 g/mol. The molecule has 1 fully saturated rings. The fourth-order valence-corrected chi connectivity index (χ4v) is 2.53. The number of carboxylic acids is 1. The van der Waals surface area contributed by atoms with Gasteiger partial charge in [0.05, 0.1) is 10.4 Å². The monoisotopic (exact) mass is 283 g/mol. The summed E-state index contributed by atoms with van der Waals surface area (Å²) in [6.45, 7) is 4.07. The number of benzene rings is 1. The topological polar surface area (TPSA) is 60.8 Å². The van der Waals surface area contributed by atoms with Crippen molar-refractivity contribution in [1.29, 1.82) is 0 Å². The molecule has 0 radical (unpaired) electrons. The van der Waals surface area contributed by atoms with Gasteiger partial charge in [-0.15, -0.1) is 0 Å². The van der Waals surface area contributed by atoms with Crippen molar-refractivity contribution in [2.45, 2.75) is 26.3 Å². The van der Waals surface area contributed by atoms with Gasteiger partial charge in [0, 0.05) is 6.54 Å². The van der Waals surface area contributed by atoms with E-state index in [9.17, 15) is 15.0 Å². The van der Waals surface area contributed by atoms with Gasteiger partial charge in [0.2, 0.25) is 0 Å². The molecule has 1 aromatic carbocycles. The van der Waals surface area contributed by atoms with Gasteiger partial charge in [-0.05, 0) is 50.6 Å². The van der Waals surface area contributed by atoms with Crippen LogP contribution in [0.1, 0.15) is 25.3 Å². The first-order valence-corrected chi connectivity index (χ1v) is 6.72. The Labute approximate surface area is 117 Å². The van der Waals surface area contributed by atoms with Gasteiger partial charge in [0.15, 0.2) is 0 Å². The Morgan fingerprint density at radius 2 is 2.05 bits per heavy atom. The Balaban J connectivity index is 1.95. The summed E-state index contributed by atoms with van der Waals surface area (Å²) >= 11 is 5.87. The number of carboxylic acid groups (broad SMARTS) is 1. The molecule has 4 nitrogen and oxygen atoms in total. The number of aromatic hydroxyl groups is 1. The molecule has 0 aromatic heterocycles. The van der Waals surface area contributed by atoms with Crippen LogP contribution in [0.15, 0.2) is 18.2 Å². The highest BCUT2D eigenvalue weighted by molar-refractivity contribution is 6.32. The SMILES string of the molecule is CC1(C(=O)O)CCN(Cc2ccc(O)c(Cl)c2)CC1. The van der Waals surface area contributed by atoms with Gasteiger partial charge < -0.3 is 10.2 Å². The molecule has 2 N–H and O–H groups in total. The van der Waals surface area contributed by atoms with E-state index in [0.717, 1.165) is 25.2 Å². The van der Waals surface area contributed by atoms with Gasteiger partial charge >= 0.3 is 5.97 Å². The Morgan fingerprint density at radius 3 is 2.58 bits per heavy atom. The molecule has 0 unspecified atom stereocenters. The number of nitrogens with zero attached hydrogens (tertiary/aromatic N) is 1. The molecule has 0 amide bonds. The molecule has 1 aliphatic heterocycles. The molecular weight excluding hydrogens is 266 g/mol. The molecule has 1 heterocycles. The van der Waals surface area contributed by atoms with E-state index in [2.05, 4.69) is 4.90 Å². The molecule has 5 heteroatoms. The highest BCUT2D eigenvalue weighted by atomic mass is 35.5. The number of piperidine rings is 1. The van der Waals surface area contributed by atoms with E-state index in [4.69, 9.17) is 11.6 Å². The quantitative estimate of drug-likeness (QED) is 0.895. The maximum atomic E-state index is 11.2. The lowest BCUT2D eigenvalue weighted by Crippen LogP contribution is -2.42. The molecule has 0 spiro atoms. The lowest BCUT2D eigenvalue weighted by atomic mass is 9.80. The molecule has 0 atom stereocenters. The van der Waals surface area contributed by atoms with Gasteiger partial charge in [0.1, 0.15) is 5.75 Å². The third kappa shape index (κ3) is 3.19. The maximum Gasteiger partial charge on any atom is 0.309 e. The highest BCUT2D eigenvalue weighted by Gasteiger charge is 2.36.